The Bertz CT molecular complexity index is 608. The number of aromatic amines is 1. The normalized spacial score (nSPS) is 26.6. The van der Waals surface area contributed by atoms with E-state index in [4.69, 9.17) is 9.84 Å². The molecule has 0 aromatic carbocycles. The van der Waals surface area contributed by atoms with E-state index in [0.717, 1.165) is 10.8 Å². The van der Waals surface area contributed by atoms with Gasteiger partial charge >= 0.3 is 5.69 Å². The fourth-order valence-electron chi connectivity index (χ4n) is 1.94. The third kappa shape index (κ3) is 2.50. The van der Waals surface area contributed by atoms with Crippen LogP contribution in [0, 0.1) is 0 Å². The van der Waals surface area contributed by atoms with Crippen molar-refractivity contribution in [2.24, 2.45) is 0 Å². The zero-order valence-electron chi connectivity index (χ0n) is 9.88. The molecule has 0 bridgehead atoms. The van der Waals surface area contributed by atoms with Crippen LogP contribution in [0.1, 0.15) is 18.2 Å². The van der Waals surface area contributed by atoms with Crippen LogP contribution in [0.15, 0.2) is 22.4 Å². The smallest absolute Gasteiger partial charge is 0.330 e. The first-order chi connectivity index (χ1) is 8.93. The SMILES string of the molecule is C=C(F)c1cn(C2CC(O)C(CO)O2)c(=O)[nH]c1=O. The Hall–Kier alpha value is -1.77. The second kappa shape index (κ2) is 5.08. The first-order valence-electron chi connectivity index (χ1n) is 5.58. The Morgan fingerprint density at radius 1 is 1.63 bits per heavy atom. The van der Waals surface area contributed by atoms with Crippen LogP contribution in [0.3, 0.4) is 0 Å². The molecule has 3 atom stereocenters. The number of hydrogen-bond acceptors (Lipinski definition) is 5. The fraction of sp³-hybridized carbons (Fsp3) is 0.455. The molecule has 2 rings (SSSR count). The highest BCUT2D eigenvalue weighted by molar-refractivity contribution is 5.54. The van der Waals surface area contributed by atoms with E-state index in [-0.39, 0.29) is 12.0 Å². The fourth-order valence-corrected chi connectivity index (χ4v) is 1.94. The van der Waals surface area contributed by atoms with Gasteiger partial charge in [0.05, 0.1) is 18.3 Å². The van der Waals surface area contributed by atoms with Gasteiger partial charge in [0, 0.05) is 12.6 Å². The minimum Gasteiger partial charge on any atom is -0.394 e. The van der Waals surface area contributed by atoms with Crippen LogP contribution >= 0.6 is 0 Å². The van der Waals surface area contributed by atoms with E-state index < -0.39 is 42.1 Å². The third-order valence-corrected chi connectivity index (χ3v) is 2.95. The molecule has 2 heterocycles. The summed E-state index contributed by atoms with van der Waals surface area (Å²) < 4.78 is 19.3. The van der Waals surface area contributed by atoms with Crippen LogP contribution in [0.5, 0.6) is 0 Å². The standard InChI is InChI=1S/C11H13FN2O5/c1-5(12)6-3-14(11(18)13-10(6)17)9-2-7(16)8(4-15)19-9/h3,7-9,15-16H,1-2,4H2,(H,13,17,18). The van der Waals surface area contributed by atoms with Crippen molar-refractivity contribution >= 4 is 5.83 Å². The second-order valence-corrected chi connectivity index (χ2v) is 4.23. The Morgan fingerprint density at radius 2 is 2.32 bits per heavy atom. The summed E-state index contributed by atoms with van der Waals surface area (Å²) in [6.45, 7) is 2.59. The van der Waals surface area contributed by atoms with E-state index in [9.17, 15) is 19.1 Å². The van der Waals surface area contributed by atoms with Gasteiger partial charge in [-0.1, -0.05) is 6.58 Å². The van der Waals surface area contributed by atoms with E-state index in [1.807, 2.05) is 4.98 Å². The molecule has 1 aromatic heterocycles. The van der Waals surface area contributed by atoms with Gasteiger partial charge in [0.2, 0.25) is 0 Å². The molecule has 1 saturated heterocycles. The molecular weight excluding hydrogens is 259 g/mol. The number of aliphatic hydroxyl groups is 2. The number of ether oxygens (including phenoxy) is 1. The van der Waals surface area contributed by atoms with Gasteiger partial charge in [0.1, 0.15) is 18.2 Å². The number of rotatable bonds is 3. The Morgan fingerprint density at radius 3 is 2.84 bits per heavy atom. The summed E-state index contributed by atoms with van der Waals surface area (Å²) >= 11 is 0. The van der Waals surface area contributed by atoms with Crippen LogP contribution in [-0.2, 0) is 4.74 Å². The lowest BCUT2D eigenvalue weighted by Crippen LogP contribution is -2.34. The maximum Gasteiger partial charge on any atom is 0.330 e. The highest BCUT2D eigenvalue weighted by atomic mass is 19.1. The lowest BCUT2D eigenvalue weighted by molar-refractivity contribution is -0.0459. The Balaban J connectivity index is 2.41. The van der Waals surface area contributed by atoms with Crippen LogP contribution in [0.2, 0.25) is 0 Å². The topological polar surface area (TPSA) is 105 Å². The summed E-state index contributed by atoms with van der Waals surface area (Å²) in [7, 11) is 0. The van der Waals surface area contributed by atoms with Gasteiger partial charge in [-0.2, -0.15) is 0 Å². The van der Waals surface area contributed by atoms with E-state index >= 15 is 0 Å². The van der Waals surface area contributed by atoms with Crippen LogP contribution in [0.25, 0.3) is 5.83 Å². The van der Waals surface area contributed by atoms with E-state index in [1.165, 1.54) is 0 Å². The molecule has 1 fully saturated rings. The molecule has 0 amide bonds. The number of nitrogens with one attached hydrogen (secondary N) is 1. The molecular formula is C11H13FN2O5. The van der Waals surface area contributed by atoms with Gasteiger partial charge in [0.15, 0.2) is 0 Å². The molecule has 7 nitrogen and oxygen atoms in total. The van der Waals surface area contributed by atoms with E-state index in [1.54, 1.807) is 0 Å². The Kier molecular flexibility index (Phi) is 3.65. The lowest BCUT2D eigenvalue weighted by atomic mass is 10.2. The number of aliphatic hydroxyl groups excluding tert-OH is 2. The molecule has 8 heteroatoms. The van der Waals surface area contributed by atoms with Crippen molar-refractivity contribution in [3.8, 4) is 0 Å². The minimum atomic E-state index is -0.979. The molecule has 0 saturated carbocycles. The lowest BCUT2D eigenvalue weighted by Gasteiger charge is -2.14. The number of aromatic nitrogens is 2. The summed E-state index contributed by atoms with van der Waals surface area (Å²) in [5, 5.41) is 18.5. The molecule has 1 aliphatic rings. The average molecular weight is 272 g/mol. The predicted octanol–water partition coefficient (Wildman–Crippen LogP) is -0.883. The predicted molar refractivity (Wildman–Crippen MR) is 63.1 cm³/mol. The highest BCUT2D eigenvalue weighted by Gasteiger charge is 2.35. The maximum absolute atomic E-state index is 13.1. The number of halogens is 1. The molecule has 19 heavy (non-hydrogen) atoms. The summed E-state index contributed by atoms with van der Waals surface area (Å²) in [5.41, 5.74) is -2.05. The second-order valence-electron chi connectivity index (χ2n) is 4.23. The number of hydrogen-bond donors (Lipinski definition) is 3. The summed E-state index contributed by atoms with van der Waals surface area (Å²) in [5.74, 6) is -0.979. The largest absolute Gasteiger partial charge is 0.394 e. The average Bonchev–Trinajstić information content (AvgIpc) is 2.69. The van der Waals surface area contributed by atoms with Crippen molar-refractivity contribution in [3.05, 3.63) is 39.2 Å². The summed E-state index contributed by atoms with van der Waals surface area (Å²) in [6, 6.07) is 0. The van der Waals surface area contributed by atoms with Crippen molar-refractivity contribution in [3.63, 3.8) is 0 Å². The van der Waals surface area contributed by atoms with Crippen molar-refractivity contribution in [2.75, 3.05) is 6.61 Å². The Labute approximate surface area is 106 Å². The van der Waals surface area contributed by atoms with Crippen LogP contribution < -0.4 is 11.2 Å². The van der Waals surface area contributed by atoms with Crippen molar-refractivity contribution in [1.82, 2.24) is 9.55 Å². The van der Waals surface area contributed by atoms with Crippen LogP contribution in [-0.4, -0.2) is 38.6 Å². The van der Waals surface area contributed by atoms with Gasteiger partial charge in [-0.3, -0.25) is 14.3 Å². The van der Waals surface area contributed by atoms with Gasteiger partial charge < -0.3 is 14.9 Å². The number of nitrogens with zero attached hydrogens (tertiary/aromatic N) is 1. The molecule has 0 radical (unpaired) electrons. The first-order valence-corrected chi connectivity index (χ1v) is 5.58. The molecule has 1 aliphatic heterocycles. The highest BCUT2D eigenvalue weighted by Crippen LogP contribution is 2.27. The zero-order valence-corrected chi connectivity index (χ0v) is 9.88. The molecule has 0 spiro atoms. The molecule has 3 N–H and O–H groups in total. The van der Waals surface area contributed by atoms with Crippen molar-refractivity contribution in [1.29, 1.82) is 0 Å². The van der Waals surface area contributed by atoms with Gasteiger partial charge in [0.25, 0.3) is 5.56 Å². The van der Waals surface area contributed by atoms with E-state index in [2.05, 4.69) is 6.58 Å². The minimum absolute atomic E-state index is 0.0510. The van der Waals surface area contributed by atoms with E-state index in [0.29, 0.717) is 0 Å². The van der Waals surface area contributed by atoms with Crippen molar-refractivity contribution in [2.45, 2.75) is 24.9 Å². The third-order valence-electron chi connectivity index (χ3n) is 2.95. The van der Waals surface area contributed by atoms with Gasteiger partial charge in [-0.25, -0.2) is 9.18 Å². The molecule has 104 valence electrons. The summed E-state index contributed by atoms with van der Waals surface area (Å²) in [6.07, 6.45) is -1.60. The van der Waals surface area contributed by atoms with Gasteiger partial charge in [-0.05, 0) is 0 Å². The zero-order chi connectivity index (χ0) is 14.2. The quantitative estimate of drug-likeness (QED) is 0.662. The van der Waals surface area contributed by atoms with Gasteiger partial charge in [-0.15, -0.1) is 0 Å². The van der Waals surface area contributed by atoms with Crippen molar-refractivity contribution < 1.29 is 19.3 Å². The monoisotopic (exact) mass is 272 g/mol. The number of H-pyrrole nitrogens is 1. The molecule has 3 unspecified atom stereocenters. The van der Waals surface area contributed by atoms with Crippen LogP contribution in [0.4, 0.5) is 4.39 Å². The first kappa shape index (κ1) is 13.7. The molecule has 0 aliphatic carbocycles. The molecule has 1 aromatic rings. The maximum atomic E-state index is 13.1. The summed E-state index contributed by atoms with van der Waals surface area (Å²) in [4.78, 5) is 24.9.